The highest BCUT2D eigenvalue weighted by atomic mass is 32.2. The van der Waals surface area contributed by atoms with Gasteiger partial charge < -0.3 is 0 Å². The average molecular weight is 292 g/mol. The maximum atomic E-state index is 12.7. The van der Waals surface area contributed by atoms with Gasteiger partial charge in [-0.3, -0.25) is 0 Å². The molecule has 4 nitrogen and oxygen atoms in total. The van der Waals surface area contributed by atoms with E-state index in [4.69, 9.17) is 5.26 Å². The average Bonchev–Trinajstić information content (AvgIpc) is 2.88. The molecule has 2 rings (SSSR count). The Balaban J connectivity index is 2.40. The van der Waals surface area contributed by atoms with Gasteiger partial charge >= 0.3 is 0 Å². The maximum Gasteiger partial charge on any atom is 0.243 e. The fraction of sp³-hybridized carbons (Fsp3) is 0.533. The second kappa shape index (κ2) is 5.55. The van der Waals surface area contributed by atoms with Crippen molar-refractivity contribution < 1.29 is 8.42 Å². The monoisotopic (exact) mass is 292 g/mol. The third kappa shape index (κ3) is 2.58. The lowest BCUT2D eigenvalue weighted by molar-refractivity contribution is 0.316. The van der Waals surface area contributed by atoms with Crippen LogP contribution in [0.2, 0.25) is 0 Å². The summed E-state index contributed by atoms with van der Waals surface area (Å²) in [6.07, 6.45) is 1.84. The van der Waals surface area contributed by atoms with Gasteiger partial charge in [0.1, 0.15) is 0 Å². The quantitative estimate of drug-likeness (QED) is 0.860. The van der Waals surface area contributed by atoms with Crippen molar-refractivity contribution in [2.24, 2.45) is 5.92 Å². The molecular weight excluding hydrogens is 272 g/mol. The van der Waals surface area contributed by atoms with Crippen molar-refractivity contribution in [3.8, 4) is 6.07 Å². The summed E-state index contributed by atoms with van der Waals surface area (Å²) in [4.78, 5) is 0.293. The van der Waals surface area contributed by atoms with Crippen LogP contribution in [-0.4, -0.2) is 25.3 Å². The summed E-state index contributed by atoms with van der Waals surface area (Å²) in [5, 5.41) is 8.93. The zero-order valence-electron chi connectivity index (χ0n) is 12.1. The fourth-order valence-electron chi connectivity index (χ4n) is 2.79. The van der Waals surface area contributed by atoms with Crippen molar-refractivity contribution in [3.05, 3.63) is 29.3 Å². The molecule has 0 saturated carbocycles. The van der Waals surface area contributed by atoms with Gasteiger partial charge in [-0.25, -0.2) is 8.42 Å². The van der Waals surface area contributed by atoms with E-state index in [1.807, 2.05) is 0 Å². The molecule has 1 atom stereocenters. The van der Waals surface area contributed by atoms with Crippen LogP contribution in [0.1, 0.15) is 37.8 Å². The molecule has 108 valence electrons. The van der Waals surface area contributed by atoms with Crippen molar-refractivity contribution in [1.82, 2.24) is 4.31 Å². The molecule has 1 heterocycles. The highest BCUT2D eigenvalue weighted by Crippen LogP contribution is 2.30. The molecule has 1 aromatic carbocycles. The van der Waals surface area contributed by atoms with Crippen LogP contribution >= 0.6 is 0 Å². The van der Waals surface area contributed by atoms with Gasteiger partial charge in [-0.15, -0.1) is 0 Å². The molecule has 5 heteroatoms. The number of nitriles is 1. The second-order valence-corrected chi connectivity index (χ2v) is 7.55. The van der Waals surface area contributed by atoms with E-state index in [0.717, 1.165) is 12.8 Å². The smallest absolute Gasteiger partial charge is 0.207 e. The van der Waals surface area contributed by atoms with Gasteiger partial charge in [-0.2, -0.15) is 9.57 Å². The molecule has 1 aliphatic heterocycles. The lowest BCUT2D eigenvalue weighted by Crippen LogP contribution is -2.38. The van der Waals surface area contributed by atoms with Crippen molar-refractivity contribution in [1.29, 1.82) is 5.26 Å². The van der Waals surface area contributed by atoms with Crippen molar-refractivity contribution in [2.45, 2.75) is 44.6 Å². The molecule has 1 aromatic rings. The predicted molar refractivity (Wildman–Crippen MR) is 77.6 cm³/mol. The maximum absolute atomic E-state index is 12.7. The van der Waals surface area contributed by atoms with Crippen molar-refractivity contribution in [2.75, 3.05) is 6.54 Å². The second-order valence-electron chi connectivity index (χ2n) is 5.66. The molecule has 0 radical (unpaired) electrons. The van der Waals surface area contributed by atoms with Gasteiger partial charge in [-0.05, 0) is 49.4 Å². The molecule has 0 aromatic heterocycles. The number of benzene rings is 1. The first-order valence-electron chi connectivity index (χ1n) is 6.90. The number of rotatable bonds is 3. The van der Waals surface area contributed by atoms with Crippen LogP contribution in [0.15, 0.2) is 23.1 Å². The first-order chi connectivity index (χ1) is 9.37. The predicted octanol–water partition coefficient (Wildman–Crippen LogP) is 2.68. The number of sulfonamides is 1. The molecule has 1 fully saturated rings. The molecule has 0 N–H and O–H groups in total. The first-order valence-corrected chi connectivity index (χ1v) is 8.34. The Labute approximate surface area is 121 Å². The Bertz CT molecular complexity index is 644. The summed E-state index contributed by atoms with van der Waals surface area (Å²) in [5.74, 6) is 0.312. The van der Waals surface area contributed by atoms with E-state index < -0.39 is 10.0 Å². The van der Waals surface area contributed by atoms with E-state index in [-0.39, 0.29) is 6.04 Å². The van der Waals surface area contributed by atoms with Crippen molar-refractivity contribution >= 4 is 10.0 Å². The van der Waals surface area contributed by atoms with Crippen LogP contribution in [-0.2, 0) is 10.0 Å². The number of hydrogen-bond donors (Lipinski definition) is 0. The summed E-state index contributed by atoms with van der Waals surface area (Å²) < 4.78 is 27.1. The van der Waals surface area contributed by atoms with Crippen LogP contribution in [0, 0.1) is 24.2 Å². The molecule has 1 saturated heterocycles. The Hall–Kier alpha value is -1.38. The molecule has 0 bridgehead atoms. The van der Waals surface area contributed by atoms with Crippen molar-refractivity contribution in [3.63, 3.8) is 0 Å². The van der Waals surface area contributed by atoms with Gasteiger partial charge in [0.2, 0.25) is 10.0 Å². The summed E-state index contributed by atoms with van der Waals surface area (Å²) in [6.45, 7) is 6.47. The number of aryl methyl sites for hydroxylation is 1. The fourth-order valence-corrected chi connectivity index (χ4v) is 4.70. The van der Waals surface area contributed by atoms with Crippen LogP contribution in [0.25, 0.3) is 0 Å². The molecule has 0 spiro atoms. The van der Waals surface area contributed by atoms with E-state index >= 15 is 0 Å². The van der Waals surface area contributed by atoms with Gasteiger partial charge in [0.05, 0.1) is 16.5 Å². The zero-order chi connectivity index (χ0) is 14.9. The van der Waals surface area contributed by atoms with E-state index in [1.54, 1.807) is 23.4 Å². The minimum Gasteiger partial charge on any atom is -0.207 e. The number of hydrogen-bond acceptors (Lipinski definition) is 3. The molecule has 1 unspecified atom stereocenters. The van der Waals surface area contributed by atoms with Gasteiger partial charge in [0.25, 0.3) is 0 Å². The topological polar surface area (TPSA) is 61.2 Å². The highest BCUT2D eigenvalue weighted by Gasteiger charge is 2.36. The molecule has 20 heavy (non-hydrogen) atoms. The van der Waals surface area contributed by atoms with E-state index in [0.29, 0.717) is 28.5 Å². The van der Waals surface area contributed by atoms with Crippen LogP contribution < -0.4 is 0 Å². The van der Waals surface area contributed by atoms with E-state index in [1.165, 1.54) is 6.07 Å². The van der Waals surface area contributed by atoms with Gasteiger partial charge in [0.15, 0.2) is 0 Å². The van der Waals surface area contributed by atoms with E-state index in [9.17, 15) is 8.42 Å². The Morgan fingerprint density at radius 1 is 1.40 bits per heavy atom. The lowest BCUT2D eigenvalue weighted by Gasteiger charge is -2.27. The molecular formula is C15H20N2O2S. The Kier molecular flexibility index (Phi) is 4.17. The summed E-state index contributed by atoms with van der Waals surface area (Å²) in [7, 11) is -3.46. The number of nitrogens with zero attached hydrogens (tertiary/aromatic N) is 2. The van der Waals surface area contributed by atoms with Gasteiger partial charge in [0, 0.05) is 12.6 Å². The third-order valence-corrected chi connectivity index (χ3v) is 5.86. The first kappa shape index (κ1) is 15.0. The Morgan fingerprint density at radius 2 is 2.10 bits per heavy atom. The Morgan fingerprint density at radius 3 is 2.65 bits per heavy atom. The largest absolute Gasteiger partial charge is 0.243 e. The van der Waals surface area contributed by atoms with Crippen LogP contribution in [0.4, 0.5) is 0 Å². The molecule has 0 amide bonds. The SMILES string of the molecule is Cc1cc(S(=O)(=O)N2CCCC2C(C)C)ccc1C#N. The molecule has 1 aliphatic rings. The summed E-state index contributed by atoms with van der Waals surface area (Å²) >= 11 is 0. The summed E-state index contributed by atoms with van der Waals surface area (Å²) in [6, 6.07) is 6.87. The van der Waals surface area contributed by atoms with Crippen LogP contribution in [0.3, 0.4) is 0 Å². The minimum atomic E-state index is -3.46. The van der Waals surface area contributed by atoms with Crippen LogP contribution in [0.5, 0.6) is 0 Å². The highest BCUT2D eigenvalue weighted by molar-refractivity contribution is 7.89. The lowest BCUT2D eigenvalue weighted by atomic mass is 10.0. The van der Waals surface area contributed by atoms with E-state index in [2.05, 4.69) is 19.9 Å². The third-order valence-electron chi connectivity index (χ3n) is 3.94. The zero-order valence-corrected chi connectivity index (χ0v) is 12.9. The standard InChI is InChI=1S/C15H20N2O2S/c1-11(2)15-5-4-8-17(15)20(18,19)14-7-6-13(10-16)12(3)9-14/h6-7,9,11,15H,4-5,8H2,1-3H3. The van der Waals surface area contributed by atoms with Gasteiger partial charge in [-0.1, -0.05) is 13.8 Å². The summed E-state index contributed by atoms with van der Waals surface area (Å²) in [5.41, 5.74) is 1.22. The minimum absolute atomic E-state index is 0.0796. The molecule has 0 aliphatic carbocycles. The normalized spacial score (nSPS) is 20.2.